The lowest BCUT2D eigenvalue weighted by Crippen LogP contribution is -2.49. The Morgan fingerprint density at radius 3 is 2.54 bits per heavy atom. The average molecular weight is 354 g/mol. The van der Waals surface area contributed by atoms with Crippen LogP contribution in [0.4, 0.5) is 0 Å². The van der Waals surface area contributed by atoms with Crippen molar-refractivity contribution in [3.05, 3.63) is 34.9 Å². The third-order valence-corrected chi connectivity index (χ3v) is 6.22. The molecule has 2 aliphatic heterocycles. The van der Waals surface area contributed by atoms with Crippen LogP contribution in [0, 0.1) is 0 Å². The Kier molecular flexibility index (Phi) is 3.23. The summed E-state index contributed by atoms with van der Waals surface area (Å²) in [6, 6.07) is 6.82. The van der Waals surface area contributed by atoms with E-state index in [1.807, 2.05) is 0 Å². The van der Waals surface area contributed by atoms with Crippen molar-refractivity contribution in [2.24, 2.45) is 0 Å². The number of quaternary nitrogens is 1. The second kappa shape index (κ2) is 5.30. The first kappa shape index (κ1) is 15.8. The number of ether oxygens (including phenoxy) is 4. The summed E-state index contributed by atoms with van der Waals surface area (Å²) in [5.74, 6) is 3.27. The van der Waals surface area contributed by atoms with Crippen LogP contribution in [0.1, 0.15) is 22.7 Å². The van der Waals surface area contributed by atoms with Crippen LogP contribution in [0.5, 0.6) is 23.0 Å². The molecule has 0 bridgehead atoms. The highest BCUT2D eigenvalue weighted by molar-refractivity contribution is 5.85. The SMILES string of the molecule is COc1cc2c(cc1OC)-c1c3c(cc4c1C(C2)[N+](C)(C)CC4)OCO3. The molecule has 0 spiro atoms. The standard InChI is InChI=1S/C21H24NO4/c1-22(2)6-5-12-8-18-21(26-11-25-18)20-14-10-17(24-4)16(23-3)9-13(14)7-15(22)19(12)20/h8-10,15H,5-7,11H2,1-4H3/q+1. The van der Waals surface area contributed by atoms with Crippen molar-refractivity contribution in [1.29, 1.82) is 0 Å². The van der Waals surface area contributed by atoms with Crippen molar-refractivity contribution in [1.82, 2.24) is 0 Å². The van der Waals surface area contributed by atoms with Gasteiger partial charge in [0.05, 0.1) is 34.9 Å². The molecule has 5 nitrogen and oxygen atoms in total. The van der Waals surface area contributed by atoms with Crippen LogP contribution < -0.4 is 18.9 Å². The van der Waals surface area contributed by atoms with Crippen LogP contribution in [0.3, 0.4) is 0 Å². The Balaban J connectivity index is 1.85. The predicted molar refractivity (Wildman–Crippen MR) is 98.2 cm³/mol. The molecule has 0 N–H and O–H groups in total. The van der Waals surface area contributed by atoms with Gasteiger partial charge in [0, 0.05) is 24.0 Å². The molecule has 5 rings (SSSR count). The van der Waals surface area contributed by atoms with Crippen LogP contribution in [-0.2, 0) is 12.8 Å². The van der Waals surface area contributed by atoms with Crippen molar-refractivity contribution in [3.63, 3.8) is 0 Å². The van der Waals surface area contributed by atoms with E-state index in [0.29, 0.717) is 6.04 Å². The van der Waals surface area contributed by atoms with E-state index in [-0.39, 0.29) is 6.79 Å². The minimum Gasteiger partial charge on any atom is -0.493 e. The van der Waals surface area contributed by atoms with Crippen molar-refractivity contribution >= 4 is 0 Å². The van der Waals surface area contributed by atoms with E-state index in [1.165, 1.54) is 27.8 Å². The number of nitrogens with zero attached hydrogens (tertiary/aromatic N) is 1. The summed E-state index contributed by atoms with van der Waals surface area (Å²) < 4.78 is 23.8. The van der Waals surface area contributed by atoms with Gasteiger partial charge in [-0.1, -0.05) is 0 Å². The fourth-order valence-corrected chi connectivity index (χ4v) is 4.76. The molecule has 26 heavy (non-hydrogen) atoms. The molecule has 2 heterocycles. The molecule has 2 aromatic rings. The van der Waals surface area contributed by atoms with Gasteiger partial charge >= 0.3 is 0 Å². The van der Waals surface area contributed by atoms with Gasteiger partial charge < -0.3 is 23.4 Å². The molecule has 0 radical (unpaired) electrons. The molecule has 0 saturated carbocycles. The highest BCUT2D eigenvalue weighted by Gasteiger charge is 2.44. The number of benzene rings is 2. The molecule has 0 fully saturated rings. The Morgan fingerprint density at radius 2 is 1.77 bits per heavy atom. The molecule has 1 atom stereocenters. The van der Waals surface area contributed by atoms with Gasteiger partial charge in [0.25, 0.3) is 0 Å². The van der Waals surface area contributed by atoms with Gasteiger partial charge in [-0.2, -0.15) is 0 Å². The number of methoxy groups -OCH3 is 2. The zero-order valence-electron chi connectivity index (χ0n) is 15.7. The molecule has 1 unspecified atom stereocenters. The van der Waals surface area contributed by atoms with E-state index in [2.05, 4.69) is 32.3 Å². The van der Waals surface area contributed by atoms with Crippen molar-refractivity contribution in [2.75, 3.05) is 41.7 Å². The third kappa shape index (κ3) is 2.01. The minimum atomic E-state index is 0.288. The number of fused-ring (bicyclic) bond motifs is 4. The fourth-order valence-electron chi connectivity index (χ4n) is 4.76. The first-order chi connectivity index (χ1) is 12.5. The number of hydrogen-bond acceptors (Lipinski definition) is 4. The van der Waals surface area contributed by atoms with Gasteiger partial charge in [-0.15, -0.1) is 0 Å². The normalized spacial score (nSPS) is 21.0. The van der Waals surface area contributed by atoms with Gasteiger partial charge in [0.1, 0.15) is 6.04 Å². The second-order valence-corrected chi connectivity index (χ2v) is 7.89. The zero-order valence-corrected chi connectivity index (χ0v) is 15.7. The van der Waals surface area contributed by atoms with E-state index < -0.39 is 0 Å². The van der Waals surface area contributed by atoms with Crippen molar-refractivity contribution in [2.45, 2.75) is 18.9 Å². The Labute approximate surface area is 153 Å². The van der Waals surface area contributed by atoms with E-state index in [1.54, 1.807) is 14.2 Å². The quantitative estimate of drug-likeness (QED) is 0.775. The maximum atomic E-state index is 5.92. The number of rotatable bonds is 2. The summed E-state index contributed by atoms with van der Waals surface area (Å²) in [5, 5.41) is 0. The molecule has 5 heteroatoms. The summed E-state index contributed by atoms with van der Waals surface area (Å²) in [5.41, 5.74) is 6.47. The van der Waals surface area contributed by atoms with Gasteiger partial charge in [-0.05, 0) is 34.9 Å². The Hall–Kier alpha value is -2.40. The van der Waals surface area contributed by atoms with Gasteiger partial charge in [-0.3, -0.25) is 0 Å². The molecule has 0 aromatic heterocycles. The molecular formula is C21H24NO4+. The van der Waals surface area contributed by atoms with Crippen molar-refractivity contribution < 1.29 is 23.4 Å². The van der Waals surface area contributed by atoms with Crippen LogP contribution in [-0.4, -0.2) is 46.1 Å². The van der Waals surface area contributed by atoms with E-state index in [0.717, 1.165) is 46.9 Å². The van der Waals surface area contributed by atoms with E-state index in [9.17, 15) is 0 Å². The number of likely N-dealkylation sites (N-methyl/N-ethyl adjacent to an activating group) is 1. The molecule has 0 saturated heterocycles. The van der Waals surface area contributed by atoms with Gasteiger partial charge in [-0.25, -0.2) is 0 Å². The maximum Gasteiger partial charge on any atom is 0.231 e. The van der Waals surface area contributed by atoms with Gasteiger partial charge in [0.15, 0.2) is 23.0 Å². The predicted octanol–water partition coefficient (Wildman–Crippen LogP) is 3.33. The van der Waals surface area contributed by atoms with E-state index >= 15 is 0 Å². The van der Waals surface area contributed by atoms with Crippen LogP contribution in [0.25, 0.3) is 11.1 Å². The lowest BCUT2D eigenvalue weighted by atomic mass is 9.75. The molecule has 3 aliphatic rings. The Bertz CT molecular complexity index is 919. The van der Waals surface area contributed by atoms with Crippen LogP contribution >= 0.6 is 0 Å². The minimum absolute atomic E-state index is 0.288. The summed E-state index contributed by atoms with van der Waals surface area (Å²) in [6.07, 6.45) is 2.05. The molecule has 136 valence electrons. The van der Waals surface area contributed by atoms with Crippen LogP contribution in [0.15, 0.2) is 18.2 Å². The fraction of sp³-hybridized carbons (Fsp3) is 0.429. The lowest BCUT2D eigenvalue weighted by molar-refractivity contribution is -0.923. The largest absolute Gasteiger partial charge is 0.493 e. The number of hydrogen-bond donors (Lipinski definition) is 0. The molecule has 0 amide bonds. The zero-order chi connectivity index (χ0) is 18.1. The monoisotopic (exact) mass is 354 g/mol. The topological polar surface area (TPSA) is 36.9 Å². The second-order valence-electron chi connectivity index (χ2n) is 7.89. The van der Waals surface area contributed by atoms with Crippen molar-refractivity contribution in [3.8, 4) is 34.1 Å². The molecular weight excluding hydrogens is 330 g/mol. The maximum absolute atomic E-state index is 5.92. The van der Waals surface area contributed by atoms with Gasteiger partial charge in [0.2, 0.25) is 6.79 Å². The van der Waals surface area contributed by atoms with E-state index in [4.69, 9.17) is 18.9 Å². The summed E-state index contributed by atoms with van der Waals surface area (Å²) in [4.78, 5) is 0. The molecule has 2 aromatic carbocycles. The highest BCUT2D eigenvalue weighted by Crippen LogP contribution is 2.56. The Morgan fingerprint density at radius 1 is 1.00 bits per heavy atom. The first-order valence-electron chi connectivity index (χ1n) is 9.07. The summed E-state index contributed by atoms with van der Waals surface area (Å²) in [6.45, 7) is 1.41. The highest BCUT2D eigenvalue weighted by atomic mass is 16.7. The molecule has 1 aliphatic carbocycles. The summed E-state index contributed by atoms with van der Waals surface area (Å²) >= 11 is 0. The van der Waals surface area contributed by atoms with Crippen LogP contribution in [0.2, 0.25) is 0 Å². The smallest absolute Gasteiger partial charge is 0.231 e. The lowest BCUT2D eigenvalue weighted by Gasteiger charge is -2.46. The third-order valence-electron chi connectivity index (χ3n) is 6.22. The summed E-state index contributed by atoms with van der Waals surface area (Å²) in [7, 11) is 8.02. The first-order valence-corrected chi connectivity index (χ1v) is 9.07. The average Bonchev–Trinajstić information content (AvgIpc) is 3.11.